The molecule has 2 unspecified atom stereocenters. The first kappa shape index (κ1) is 26.6. The maximum Gasteiger partial charge on any atom is 0.255 e. The van der Waals surface area contributed by atoms with Crippen LogP contribution in [0.1, 0.15) is 47.3 Å². The van der Waals surface area contributed by atoms with Crippen molar-refractivity contribution in [3.05, 3.63) is 88.0 Å². The molecule has 2 bridgehead atoms. The van der Waals surface area contributed by atoms with Gasteiger partial charge in [0, 0.05) is 40.8 Å². The molecule has 1 amide bonds. The first-order valence-corrected chi connectivity index (χ1v) is 14.0. The Bertz CT molecular complexity index is 1490. The summed E-state index contributed by atoms with van der Waals surface area (Å²) in [6, 6.07) is 8.55. The average Bonchev–Trinajstić information content (AvgIpc) is 3.04. The van der Waals surface area contributed by atoms with Crippen LogP contribution in [0.15, 0.2) is 53.6 Å². The van der Waals surface area contributed by atoms with Gasteiger partial charge in [-0.25, -0.2) is 21.6 Å². The van der Waals surface area contributed by atoms with E-state index in [2.05, 4.69) is 10.3 Å². The molecule has 2 atom stereocenters. The second kappa shape index (κ2) is 9.66. The lowest BCUT2D eigenvalue weighted by molar-refractivity contribution is -0.0649. The van der Waals surface area contributed by atoms with E-state index in [9.17, 15) is 31.5 Å². The number of benzene rings is 2. The first-order chi connectivity index (χ1) is 17.9. The van der Waals surface area contributed by atoms with Gasteiger partial charge in [0.25, 0.3) is 5.91 Å². The number of hydrogen-bond donors (Lipinski definition) is 2. The Balaban J connectivity index is 1.40. The largest absolute Gasteiger partial charge is 0.385 e. The Morgan fingerprint density at radius 3 is 2.26 bits per heavy atom. The molecule has 1 heterocycles. The topological polar surface area (TPSA) is 96.4 Å². The summed E-state index contributed by atoms with van der Waals surface area (Å²) >= 11 is 6.27. The minimum absolute atomic E-state index is 0.0728. The third-order valence-corrected chi connectivity index (χ3v) is 10.4. The van der Waals surface area contributed by atoms with Crippen molar-refractivity contribution in [1.82, 2.24) is 4.98 Å². The van der Waals surface area contributed by atoms with Crippen molar-refractivity contribution in [1.29, 1.82) is 0 Å². The average molecular weight is 565 g/mol. The fourth-order valence-electron chi connectivity index (χ4n) is 5.80. The van der Waals surface area contributed by atoms with Crippen LogP contribution in [0.4, 0.5) is 18.9 Å². The van der Waals surface area contributed by atoms with E-state index in [1.165, 1.54) is 12.1 Å². The molecule has 6 nitrogen and oxygen atoms in total. The molecule has 0 aliphatic heterocycles. The van der Waals surface area contributed by atoms with Gasteiger partial charge in [0.05, 0.1) is 20.8 Å². The summed E-state index contributed by atoms with van der Waals surface area (Å²) in [6.07, 6.45) is 3.41. The highest BCUT2D eigenvalue weighted by molar-refractivity contribution is 7.92. The molecule has 3 aromatic rings. The summed E-state index contributed by atoms with van der Waals surface area (Å²) in [5.41, 5.74) is -0.123. The Morgan fingerprint density at radius 1 is 1.05 bits per heavy atom. The molecule has 2 aliphatic carbocycles. The molecule has 11 heteroatoms. The standard InChI is InChI=1S/C27H24ClF3N2O4S/c1-14-2-4-18(13-32-14)27(35)16-5-6-17(27)10-20(9-16)38(36,37)24-8-15(3-7-21(24)28)26(34)33-19-11-22(29)25(31)23(30)12-19/h2-4,7-8,11-13,16-17,20,35H,5-6,9-10H2,1H3,(H,33,34). The van der Waals surface area contributed by atoms with Crippen molar-refractivity contribution < 1.29 is 31.5 Å². The van der Waals surface area contributed by atoms with Crippen molar-refractivity contribution >= 4 is 33.0 Å². The zero-order valence-electron chi connectivity index (χ0n) is 20.2. The number of nitrogens with zero attached hydrogens (tertiary/aromatic N) is 1. The van der Waals surface area contributed by atoms with Crippen LogP contribution in [-0.2, 0) is 15.4 Å². The monoisotopic (exact) mass is 564 g/mol. The van der Waals surface area contributed by atoms with Crippen LogP contribution >= 0.6 is 11.6 Å². The molecule has 200 valence electrons. The van der Waals surface area contributed by atoms with Crippen LogP contribution in [0.3, 0.4) is 0 Å². The van der Waals surface area contributed by atoms with Crippen LogP contribution in [0.5, 0.6) is 0 Å². The summed E-state index contributed by atoms with van der Waals surface area (Å²) in [6.45, 7) is 1.85. The van der Waals surface area contributed by atoms with Gasteiger partial charge < -0.3 is 10.4 Å². The number of halogens is 4. The van der Waals surface area contributed by atoms with E-state index >= 15 is 0 Å². The molecule has 2 aromatic carbocycles. The number of aryl methyl sites for hydroxylation is 1. The third kappa shape index (κ3) is 4.48. The minimum atomic E-state index is -4.01. The van der Waals surface area contributed by atoms with Gasteiger partial charge in [0.1, 0.15) is 0 Å². The van der Waals surface area contributed by atoms with Gasteiger partial charge in [0.2, 0.25) is 0 Å². The van der Waals surface area contributed by atoms with Gasteiger partial charge in [0.15, 0.2) is 27.3 Å². The lowest BCUT2D eigenvalue weighted by Gasteiger charge is -2.42. The molecule has 2 fully saturated rings. The van der Waals surface area contributed by atoms with E-state index in [-0.39, 0.29) is 45.8 Å². The number of anilines is 1. The highest BCUT2D eigenvalue weighted by Gasteiger charge is 2.56. The molecular formula is C27H24ClF3N2O4S. The third-order valence-electron chi connectivity index (χ3n) is 7.76. The Kier molecular flexibility index (Phi) is 6.77. The number of aliphatic hydroxyl groups is 1. The van der Waals surface area contributed by atoms with Crippen molar-refractivity contribution in [2.24, 2.45) is 11.8 Å². The fourth-order valence-corrected chi connectivity index (χ4v) is 8.21. The number of pyridine rings is 1. The fraction of sp³-hybridized carbons (Fsp3) is 0.333. The Hall–Kier alpha value is -2.95. The van der Waals surface area contributed by atoms with Gasteiger partial charge in [-0.3, -0.25) is 9.78 Å². The summed E-state index contributed by atoms with van der Waals surface area (Å²) in [5.74, 6) is -6.07. The smallest absolute Gasteiger partial charge is 0.255 e. The van der Waals surface area contributed by atoms with Crippen LogP contribution in [0.25, 0.3) is 0 Å². The zero-order valence-corrected chi connectivity index (χ0v) is 21.8. The van der Waals surface area contributed by atoms with Gasteiger partial charge in [-0.15, -0.1) is 0 Å². The number of rotatable bonds is 5. The van der Waals surface area contributed by atoms with Crippen molar-refractivity contribution in [2.45, 2.75) is 48.4 Å². The molecular weight excluding hydrogens is 541 g/mol. The predicted octanol–water partition coefficient (Wildman–Crippen LogP) is 5.56. The number of hydrogen-bond acceptors (Lipinski definition) is 5. The van der Waals surface area contributed by atoms with E-state index in [0.717, 1.165) is 11.8 Å². The molecule has 0 spiro atoms. The molecule has 2 aliphatic rings. The molecule has 0 radical (unpaired) electrons. The maximum absolute atomic E-state index is 13.7. The van der Waals surface area contributed by atoms with Crippen molar-refractivity contribution in [3.8, 4) is 0 Å². The molecule has 2 N–H and O–H groups in total. The summed E-state index contributed by atoms with van der Waals surface area (Å²) in [4.78, 5) is 16.8. The van der Waals surface area contributed by atoms with Gasteiger partial charge in [-0.1, -0.05) is 17.7 Å². The highest BCUT2D eigenvalue weighted by atomic mass is 35.5. The number of amides is 1. The minimum Gasteiger partial charge on any atom is -0.385 e. The normalized spacial score (nSPS) is 24.8. The van der Waals surface area contributed by atoms with E-state index in [0.29, 0.717) is 30.5 Å². The first-order valence-electron chi connectivity index (χ1n) is 12.1. The number of fused-ring (bicyclic) bond motifs is 2. The molecule has 38 heavy (non-hydrogen) atoms. The number of nitrogens with one attached hydrogen (secondary N) is 1. The Labute approximate surface area is 222 Å². The molecule has 0 saturated heterocycles. The summed E-state index contributed by atoms with van der Waals surface area (Å²) < 4.78 is 67.8. The summed E-state index contributed by atoms with van der Waals surface area (Å²) in [7, 11) is -4.01. The summed E-state index contributed by atoms with van der Waals surface area (Å²) in [5, 5.41) is 13.0. The Morgan fingerprint density at radius 2 is 1.68 bits per heavy atom. The number of carbonyl (C=O) groups is 1. The number of carbonyl (C=O) groups excluding carboxylic acids is 1. The van der Waals surface area contributed by atoms with E-state index in [4.69, 9.17) is 11.6 Å². The van der Waals surface area contributed by atoms with Crippen LogP contribution in [0, 0.1) is 36.2 Å². The molecule has 2 saturated carbocycles. The SMILES string of the molecule is Cc1ccc(C2(O)C3CCC2CC(S(=O)(=O)c2cc(C(=O)Nc4cc(F)c(F)c(F)c4)ccc2Cl)C3)cn1. The zero-order chi connectivity index (χ0) is 27.4. The second-order valence-electron chi connectivity index (χ2n) is 9.98. The lowest BCUT2D eigenvalue weighted by atomic mass is 9.71. The van der Waals surface area contributed by atoms with E-state index < -0.39 is 44.0 Å². The number of aromatic nitrogens is 1. The van der Waals surface area contributed by atoms with E-state index in [1.54, 1.807) is 6.20 Å². The van der Waals surface area contributed by atoms with Gasteiger partial charge >= 0.3 is 0 Å². The van der Waals surface area contributed by atoms with Gasteiger partial charge in [-0.05, 0) is 68.7 Å². The lowest BCUT2D eigenvalue weighted by Crippen LogP contribution is -2.46. The van der Waals surface area contributed by atoms with Gasteiger partial charge in [-0.2, -0.15) is 0 Å². The van der Waals surface area contributed by atoms with Crippen LogP contribution in [0.2, 0.25) is 5.02 Å². The van der Waals surface area contributed by atoms with Crippen LogP contribution in [-0.4, -0.2) is 29.7 Å². The second-order valence-corrected chi connectivity index (χ2v) is 12.6. The van der Waals surface area contributed by atoms with Crippen LogP contribution < -0.4 is 5.32 Å². The van der Waals surface area contributed by atoms with Crippen molar-refractivity contribution in [2.75, 3.05) is 5.32 Å². The predicted molar refractivity (Wildman–Crippen MR) is 135 cm³/mol. The van der Waals surface area contributed by atoms with E-state index in [1.807, 2.05) is 19.1 Å². The highest BCUT2D eigenvalue weighted by Crippen LogP contribution is 2.56. The number of sulfone groups is 1. The molecule has 5 rings (SSSR count). The molecule has 1 aromatic heterocycles. The quantitative estimate of drug-likeness (QED) is 0.395. The van der Waals surface area contributed by atoms with Crippen molar-refractivity contribution in [3.63, 3.8) is 0 Å². The maximum atomic E-state index is 13.7.